The number of hydrogen-bond acceptors (Lipinski definition) is 5. The predicted molar refractivity (Wildman–Crippen MR) is 127 cm³/mol. The Balaban J connectivity index is 0.00000289. The summed E-state index contributed by atoms with van der Waals surface area (Å²) in [5.74, 6) is -0.431. The van der Waals surface area contributed by atoms with E-state index in [-0.39, 0.29) is 35.6 Å². The van der Waals surface area contributed by atoms with Crippen LogP contribution in [-0.2, 0) is 27.9 Å². The van der Waals surface area contributed by atoms with Crippen LogP contribution in [0.3, 0.4) is 0 Å². The zero-order valence-electron chi connectivity index (χ0n) is 17.9. The molecule has 0 aliphatic carbocycles. The van der Waals surface area contributed by atoms with Crippen LogP contribution in [0.15, 0.2) is 65.7 Å². The second-order valence-electron chi connectivity index (χ2n) is 8.04. The molecule has 11 heteroatoms. The molecule has 0 spiro atoms. The standard InChI is InChI=1S/C23H19ClFN5O3S.H2/c1-14(30-10-9-18-19(25)3-2-4-20(18)30)23(31)29-12-15-5-6-17(11-16(15)13-29)34(32,33)28-22-8-7-21(24)26-27-22;/h2-11,14H,12-13H2,1H3,(H,27,28);1H/t14-;/m1./s1. The van der Waals surface area contributed by atoms with Crippen LogP contribution >= 0.6 is 11.6 Å². The number of amides is 1. The van der Waals surface area contributed by atoms with E-state index in [4.69, 9.17) is 11.6 Å². The number of hydrogen-bond donors (Lipinski definition) is 1. The highest BCUT2D eigenvalue weighted by Crippen LogP contribution is 2.30. The Kier molecular flexibility index (Phi) is 5.49. The van der Waals surface area contributed by atoms with Gasteiger partial charge in [0.15, 0.2) is 11.0 Å². The van der Waals surface area contributed by atoms with Gasteiger partial charge in [-0.05, 0) is 60.5 Å². The first-order valence-electron chi connectivity index (χ1n) is 10.4. The first kappa shape index (κ1) is 22.3. The van der Waals surface area contributed by atoms with Gasteiger partial charge in [0.05, 0.1) is 10.4 Å². The van der Waals surface area contributed by atoms with Crippen molar-refractivity contribution in [1.82, 2.24) is 19.7 Å². The minimum Gasteiger partial charge on any atom is -0.335 e. The number of benzene rings is 2. The lowest BCUT2D eigenvalue weighted by Crippen LogP contribution is -2.32. The topological polar surface area (TPSA) is 97.2 Å². The zero-order valence-corrected chi connectivity index (χ0v) is 19.5. The molecule has 34 heavy (non-hydrogen) atoms. The largest absolute Gasteiger partial charge is 0.335 e. The Morgan fingerprint density at radius 1 is 1.12 bits per heavy atom. The van der Waals surface area contributed by atoms with Crippen molar-refractivity contribution in [3.63, 3.8) is 0 Å². The highest BCUT2D eigenvalue weighted by Gasteiger charge is 2.29. The molecule has 0 saturated carbocycles. The quantitative estimate of drug-likeness (QED) is 0.438. The normalized spacial score (nSPS) is 14.3. The van der Waals surface area contributed by atoms with E-state index in [2.05, 4.69) is 14.9 Å². The number of fused-ring (bicyclic) bond motifs is 2. The first-order chi connectivity index (χ1) is 16.2. The lowest BCUT2D eigenvalue weighted by atomic mass is 10.1. The molecular weight excluding hydrogens is 481 g/mol. The highest BCUT2D eigenvalue weighted by atomic mass is 35.5. The molecule has 0 unspecified atom stereocenters. The van der Waals surface area contributed by atoms with Crippen molar-refractivity contribution in [3.8, 4) is 0 Å². The van der Waals surface area contributed by atoms with Crippen molar-refractivity contribution in [3.05, 3.63) is 82.9 Å². The van der Waals surface area contributed by atoms with Crippen molar-refractivity contribution in [2.24, 2.45) is 0 Å². The summed E-state index contributed by atoms with van der Waals surface area (Å²) in [6, 6.07) is 13.5. The minimum absolute atomic E-state index is 0. The fourth-order valence-corrected chi connectivity index (χ4v) is 5.28. The number of carbonyl (C=O) groups is 1. The predicted octanol–water partition coefficient (Wildman–Crippen LogP) is 4.37. The summed E-state index contributed by atoms with van der Waals surface area (Å²) in [7, 11) is -3.90. The summed E-state index contributed by atoms with van der Waals surface area (Å²) in [6.07, 6.45) is 1.70. The van der Waals surface area contributed by atoms with Crippen molar-refractivity contribution in [1.29, 1.82) is 0 Å². The fourth-order valence-electron chi connectivity index (χ4n) is 4.13. The number of aromatic nitrogens is 3. The molecule has 2 aromatic heterocycles. The average Bonchev–Trinajstić information content (AvgIpc) is 3.44. The second kappa shape index (κ2) is 8.37. The van der Waals surface area contributed by atoms with E-state index in [0.29, 0.717) is 17.4 Å². The third-order valence-electron chi connectivity index (χ3n) is 5.88. The van der Waals surface area contributed by atoms with Gasteiger partial charge < -0.3 is 9.47 Å². The summed E-state index contributed by atoms with van der Waals surface area (Å²) in [5, 5.41) is 7.95. The number of carbonyl (C=O) groups excluding carboxylic acids is 1. The molecule has 1 aliphatic heterocycles. The molecule has 0 bridgehead atoms. The van der Waals surface area contributed by atoms with E-state index >= 15 is 0 Å². The Bertz CT molecular complexity index is 1530. The van der Waals surface area contributed by atoms with Gasteiger partial charge in [0.2, 0.25) is 5.91 Å². The van der Waals surface area contributed by atoms with E-state index in [1.807, 2.05) is 0 Å². The van der Waals surface area contributed by atoms with Gasteiger partial charge in [-0.25, -0.2) is 12.8 Å². The number of rotatable bonds is 5. The summed E-state index contributed by atoms with van der Waals surface area (Å²) >= 11 is 5.69. The van der Waals surface area contributed by atoms with E-state index in [1.54, 1.807) is 52.9 Å². The number of halogens is 2. The van der Waals surface area contributed by atoms with Crippen LogP contribution in [-0.4, -0.2) is 34.0 Å². The molecule has 0 saturated heterocycles. The number of nitrogens with one attached hydrogen (secondary N) is 1. The Morgan fingerprint density at radius 2 is 1.91 bits per heavy atom. The molecular formula is C23H21ClFN5O3S. The molecule has 0 fully saturated rings. The maximum Gasteiger partial charge on any atom is 0.263 e. The lowest BCUT2D eigenvalue weighted by molar-refractivity contribution is -0.134. The molecule has 0 radical (unpaired) electrons. The molecule has 1 N–H and O–H groups in total. The molecule has 4 aromatic rings. The monoisotopic (exact) mass is 501 g/mol. The number of nitrogens with zero attached hydrogens (tertiary/aromatic N) is 4. The molecule has 2 aromatic carbocycles. The van der Waals surface area contributed by atoms with E-state index in [1.165, 1.54) is 24.3 Å². The maximum atomic E-state index is 14.1. The van der Waals surface area contributed by atoms with Crippen LogP contribution in [0.5, 0.6) is 0 Å². The maximum absolute atomic E-state index is 14.1. The van der Waals surface area contributed by atoms with Gasteiger partial charge in [-0.15, -0.1) is 10.2 Å². The Morgan fingerprint density at radius 3 is 2.68 bits per heavy atom. The van der Waals surface area contributed by atoms with Crippen LogP contribution in [0.25, 0.3) is 10.9 Å². The van der Waals surface area contributed by atoms with Crippen molar-refractivity contribution < 1.29 is 19.0 Å². The average molecular weight is 502 g/mol. The van der Waals surface area contributed by atoms with Crippen LogP contribution in [0.1, 0.15) is 25.5 Å². The smallest absolute Gasteiger partial charge is 0.263 e. The summed E-state index contributed by atoms with van der Waals surface area (Å²) in [6.45, 7) is 2.40. The van der Waals surface area contributed by atoms with Crippen LogP contribution in [0.4, 0.5) is 10.2 Å². The Hall–Kier alpha value is -3.50. The minimum atomic E-state index is -3.90. The first-order valence-corrected chi connectivity index (χ1v) is 12.3. The van der Waals surface area contributed by atoms with Gasteiger partial charge >= 0.3 is 0 Å². The Labute approximate surface area is 201 Å². The van der Waals surface area contributed by atoms with Crippen LogP contribution < -0.4 is 4.72 Å². The molecule has 1 aliphatic rings. The molecule has 8 nitrogen and oxygen atoms in total. The van der Waals surface area contributed by atoms with Crippen molar-refractivity contribution >= 4 is 44.3 Å². The third-order valence-corrected chi connectivity index (χ3v) is 7.43. The van der Waals surface area contributed by atoms with Gasteiger partial charge in [-0.2, -0.15) is 0 Å². The van der Waals surface area contributed by atoms with Crippen molar-refractivity contribution in [2.75, 3.05) is 4.72 Å². The summed E-state index contributed by atoms with van der Waals surface area (Å²) in [5.41, 5.74) is 2.26. The van der Waals surface area contributed by atoms with Gasteiger partial charge in [0.25, 0.3) is 10.0 Å². The van der Waals surface area contributed by atoms with E-state index < -0.39 is 16.1 Å². The SMILES string of the molecule is C[C@H](C(=O)N1Cc2ccc(S(=O)(=O)Nc3ccc(Cl)nn3)cc2C1)n1ccc2c(F)cccc21.[HH]. The third kappa shape index (κ3) is 3.99. The summed E-state index contributed by atoms with van der Waals surface area (Å²) < 4.78 is 43.8. The van der Waals surface area contributed by atoms with Gasteiger partial charge in [0, 0.05) is 26.1 Å². The number of sulfonamides is 1. The molecule has 1 amide bonds. The number of anilines is 1. The highest BCUT2D eigenvalue weighted by molar-refractivity contribution is 7.92. The van der Waals surface area contributed by atoms with Gasteiger partial charge in [0.1, 0.15) is 11.9 Å². The fraction of sp³-hybridized carbons (Fsp3) is 0.174. The molecule has 3 heterocycles. The van der Waals surface area contributed by atoms with E-state index in [0.717, 1.165) is 11.1 Å². The summed E-state index contributed by atoms with van der Waals surface area (Å²) in [4.78, 5) is 15.0. The van der Waals surface area contributed by atoms with Gasteiger partial charge in [-0.3, -0.25) is 9.52 Å². The molecule has 1 atom stereocenters. The molecule has 176 valence electrons. The van der Waals surface area contributed by atoms with Crippen molar-refractivity contribution in [2.45, 2.75) is 31.0 Å². The lowest BCUT2D eigenvalue weighted by Gasteiger charge is -2.22. The van der Waals surface area contributed by atoms with E-state index in [9.17, 15) is 17.6 Å². The van der Waals surface area contributed by atoms with Gasteiger partial charge in [-0.1, -0.05) is 23.7 Å². The second-order valence-corrected chi connectivity index (χ2v) is 10.1. The van der Waals surface area contributed by atoms with Crippen LogP contribution in [0.2, 0.25) is 5.15 Å². The van der Waals surface area contributed by atoms with Crippen LogP contribution in [0, 0.1) is 5.82 Å². The zero-order chi connectivity index (χ0) is 24.0. The molecule has 5 rings (SSSR count).